The number of likely N-dealkylation sites (tertiary alicyclic amines) is 1. The van der Waals surface area contributed by atoms with Crippen LogP contribution in [-0.2, 0) is 9.59 Å². The third-order valence-corrected chi connectivity index (χ3v) is 10.9. The lowest BCUT2D eigenvalue weighted by Gasteiger charge is -2.29. The number of hydrogen-bond acceptors (Lipinski definition) is 10. The third kappa shape index (κ3) is 7.37. The van der Waals surface area contributed by atoms with Gasteiger partial charge in [0.25, 0.3) is 0 Å². The SMILES string of the molecule is Cc1ncsc1-c1ccc([C@H](C)NC(=O)[C@@H]2C[C@@H](O)CN2C(=O)C(c2cc(-c3ccc(-c4cc(-c5ccccc5F)nnc4N)cc3)no2)C(C)C)cc1. The van der Waals surface area contributed by atoms with E-state index < -0.39 is 23.9 Å². The highest BCUT2D eigenvalue weighted by Crippen LogP contribution is 2.35. The zero-order valence-electron chi connectivity index (χ0n) is 30.2. The van der Waals surface area contributed by atoms with Crippen LogP contribution in [0.3, 0.4) is 0 Å². The maximum absolute atomic E-state index is 14.5. The van der Waals surface area contributed by atoms with E-state index in [1.54, 1.807) is 41.7 Å². The van der Waals surface area contributed by atoms with Crippen LogP contribution in [0.4, 0.5) is 10.2 Å². The molecule has 7 rings (SSSR count). The molecule has 0 bridgehead atoms. The van der Waals surface area contributed by atoms with Gasteiger partial charge in [-0.25, -0.2) is 9.37 Å². The van der Waals surface area contributed by atoms with Crippen LogP contribution in [0, 0.1) is 18.7 Å². The summed E-state index contributed by atoms with van der Waals surface area (Å²) in [5, 5.41) is 26.2. The number of nitrogens with zero attached hydrogens (tertiary/aromatic N) is 5. The molecule has 3 aromatic heterocycles. The van der Waals surface area contributed by atoms with Crippen LogP contribution in [0.15, 0.2) is 95.0 Å². The summed E-state index contributed by atoms with van der Waals surface area (Å²) in [5.41, 5.74) is 14.2. The average molecular weight is 746 g/mol. The quantitative estimate of drug-likeness (QED) is 0.132. The Bertz CT molecular complexity index is 2290. The molecule has 2 amide bonds. The Balaban J connectivity index is 1.06. The number of aromatic nitrogens is 4. The van der Waals surface area contributed by atoms with Gasteiger partial charge in [0.15, 0.2) is 5.82 Å². The van der Waals surface area contributed by atoms with Crippen LogP contribution in [-0.4, -0.2) is 60.8 Å². The number of nitrogen functional groups attached to an aromatic ring is 1. The molecule has 1 aliphatic rings. The molecule has 0 radical (unpaired) electrons. The molecule has 4 heterocycles. The highest BCUT2D eigenvalue weighted by Gasteiger charge is 2.43. The van der Waals surface area contributed by atoms with Crippen molar-refractivity contribution in [1.29, 1.82) is 0 Å². The Labute approximate surface area is 316 Å². The van der Waals surface area contributed by atoms with Crippen molar-refractivity contribution in [3.8, 4) is 44.1 Å². The number of carbonyl (C=O) groups is 2. The fourth-order valence-corrected chi connectivity index (χ4v) is 7.75. The van der Waals surface area contributed by atoms with Gasteiger partial charge >= 0.3 is 0 Å². The fraction of sp³-hybridized carbons (Fsp3) is 0.268. The van der Waals surface area contributed by atoms with Gasteiger partial charge in [0, 0.05) is 35.7 Å². The number of aryl methyl sites for hydroxylation is 1. The molecule has 0 spiro atoms. The van der Waals surface area contributed by atoms with Crippen LogP contribution in [0.1, 0.15) is 56.2 Å². The van der Waals surface area contributed by atoms with Crippen molar-refractivity contribution in [1.82, 2.24) is 30.6 Å². The molecule has 0 aliphatic carbocycles. The van der Waals surface area contributed by atoms with E-state index in [9.17, 15) is 19.1 Å². The molecule has 3 aromatic carbocycles. The van der Waals surface area contributed by atoms with E-state index in [2.05, 4.69) is 25.7 Å². The number of anilines is 1. The maximum Gasteiger partial charge on any atom is 0.243 e. The Morgan fingerprint density at radius 1 is 0.944 bits per heavy atom. The van der Waals surface area contributed by atoms with Gasteiger partial charge in [-0.1, -0.05) is 79.7 Å². The second kappa shape index (κ2) is 15.3. The first kappa shape index (κ1) is 36.6. The number of carbonyl (C=O) groups excluding carboxylic acids is 2. The van der Waals surface area contributed by atoms with Crippen molar-refractivity contribution in [3.63, 3.8) is 0 Å². The minimum absolute atomic E-state index is 0.0332. The van der Waals surface area contributed by atoms with E-state index in [0.29, 0.717) is 28.3 Å². The molecule has 4 N–H and O–H groups in total. The smallest absolute Gasteiger partial charge is 0.243 e. The number of thiazole rings is 1. The van der Waals surface area contributed by atoms with Gasteiger partial charge in [-0.05, 0) is 54.7 Å². The lowest BCUT2D eigenvalue weighted by Crippen LogP contribution is -2.48. The van der Waals surface area contributed by atoms with Gasteiger partial charge in [0.2, 0.25) is 11.8 Å². The maximum atomic E-state index is 14.5. The predicted octanol–water partition coefficient (Wildman–Crippen LogP) is 7.20. The first-order valence-corrected chi connectivity index (χ1v) is 18.6. The molecular formula is C41H40FN7O4S. The molecule has 1 saturated heterocycles. The molecule has 1 aliphatic heterocycles. The molecule has 1 unspecified atom stereocenters. The normalized spacial score (nSPS) is 16.8. The Kier molecular flexibility index (Phi) is 10.3. The molecule has 4 atom stereocenters. The van der Waals surface area contributed by atoms with E-state index in [1.807, 2.05) is 81.7 Å². The molecule has 6 aromatic rings. The van der Waals surface area contributed by atoms with E-state index in [4.69, 9.17) is 10.3 Å². The standard InChI is InChI=1S/C41H40FN7O4S/c1-22(2)37(41(52)49-20-29(50)17-35(49)40(51)45-23(3)25-9-15-28(16-10-25)38-24(4)44-21-54-38)36-19-33(48-53-36)27-13-11-26(12-14-27)31-18-34(46-47-39(31)43)30-7-5-6-8-32(30)42/h5-16,18-19,21-23,29,35,37,50H,17,20H2,1-4H3,(H2,43,47)(H,45,51)/t23-,29+,35-,37?/m0/s1. The topological polar surface area (TPSA) is 160 Å². The summed E-state index contributed by atoms with van der Waals surface area (Å²) in [6.07, 6.45) is -0.711. The number of nitrogens with two attached hydrogens (primary N) is 1. The summed E-state index contributed by atoms with van der Waals surface area (Å²) in [6.45, 7) is 7.72. The summed E-state index contributed by atoms with van der Waals surface area (Å²) in [5.74, 6) is -1.44. The monoisotopic (exact) mass is 745 g/mol. The summed E-state index contributed by atoms with van der Waals surface area (Å²) < 4.78 is 20.2. The number of amides is 2. The molecular weight excluding hydrogens is 706 g/mol. The lowest BCUT2D eigenvalue weighted by molar-refractivity contribution is -0.141. The summed E-state index contributed by atoms with van der Waals surface area (Å²) >= 11 is 1.58. The number of nitrogens with one attached hydrogen (secondary N) is 1. The molecule has 0 saturated carbocycles. The Morgan fingerprint density at radius 2 is 1.65 bits per heavy atom. The molecule has 13 heteroatoms. The van der Waals surface area contributed by atoms with E-state index >= 15 is 0 Å². The van der Waals surface area contributed by atoms with Crippen molar-refractivity contribution in [2.75, 3.05) is 12.3 Å². The number of benzene rings is 3. The van der Waals surface area contributed by atoms with Gasteiger partial charge in [-0.2, -0.15) is 0 Å². The second-order valence-corrected chi connectivity index (χ2v) is 14.8. The molecule has 11 nitrogen and oxygen atoms in total. The van der Waals surface area contributed by atoms with Gasteiger partial charge in [-0.15, -0.1) is 21.5 Å². The number of aliphatic hydroxyl groups is 1. The number of aliphatic hydroxyl groups excluding tert-OH is 1. The van der Waals surface area contributed by atoms with Crippen molar-refractivity contribution in [2.24, 2.45) is 5.92 Å². The van der Waals surface area contributed by atoms with Crippen molar-refractivity contribution < 1.29 is 23.6 Å². The zero-order chi connectivity index (χ0) is 38.1. The Hall–Kier alpha value is -5.79. The first-order valence-electron chi connectivity index (χ1n) is 17.7. The summed E-state index contributed by atoms with van der Waals surface area (Å²) in [4.78, 5) is 34.8. The van der Waals surface area contributed by atoms with Crippen LogP contribution >= 0.6 is 11.3 Å². The number of halogens is 1. The lowest BCUT2D eigenvalue weighted by atomic mass is 9.91. The van der Waals surface area contributed by atoms with Crippen LogP contribution in [0.5, 0.6) is 0 Å². The van der Waals surface area contributed by atoms with Crippen LogP contribution < -0.4 is 11.1 Å². The van der Waals surface area contributed by atoms with Crippen molar-refractivity contribution in [2.45, 2.75) is 58.2 Å². The van der Waals surface area contributed by atoms with Crippen molar-refractivity contribution >= 4 is 29.0 Å². The van der Waals surface area contributed by atoms with Gasteiger partial charge < -0.3 is 25.6 Å². The number of rotatable bonds is 10. The highest BCUT2D eigenvalue weighted by atomic mass is 32.1. The fourth-order valence-electron chi connectivity index (χ4n) is 6.94. The van der Waals surface area contributed by atoms with Gasteiger partial charge in [0.05, 0.1) is 33.9 Å². The highest BCUT2D eigenvalue weighted by molar-refractivity contribution is 7.13. The van der Waals surface area contributed by atoms with E-state index in [-0.39, 0.29) is 42.6 Å². The summed E-state index contributed by atoms with van der Waals surface area (Å²) in [6, 6.07) is 24.0. The van der Waals surface area contributed by atoms with E-state index in [0.717, 1.165) is 32.8 Å². The molecule has 276 valence electrons. The molecule has 54 heavy (non-hydrogen) atoms. The predicted molar refractivity (Wildman–Crippen MR) is 205 cm³/mol. The van der Waals surface area contributed by atoms with Crippen LogP contribution in [0.2, 0.25) is 0 Å². The zero-order valence-corrected chi connectivity index (χ0v) is 31.0. The number of β-amino-alcohol motifs (C(OH)–C–C–N with tert-alkyl or cyclic N) is 1. The largest absolute Gasteiger partial charge is 0.391 e. The first-order chi connectivity index (χ1) is 26.0. The van der Waals surface area contributed by atoms with Gasteiger partial charge in [0.1, 0.15) is 29.2 Å². The second-order valence-electron chi connectivity index (χ2n) is 13.9. The third-order valence-electron chi connectivity index (χ3n) is 9.87. The van der Waals surface area contributed by atoms with Crippen molar-refractivity contribution in [3.05, 3.63) is 113 Å². The average Bonchev–Trinajstić information content (AvgIpc) is 3.92. The van der Waals surface area contributed by atoms with Crippen LogP contribution in [0.25, 0.3) is 44.1 Å². The number of hydrogen-bond donors (Lipinski definition) is 3. The van der Waals surface area contributed by atoms with E-state index in [1.165, 1.54) is 11.0 Å². The minimum Gasteiger partial charge on any atom is -0.391 e. The minimum atomic E-state index is -0.848. The van der Waals surface area contributed by atoms with Gasteiger partial charge in [-0.3, -0.25) is 9.59 Å². The summed E-state index contributed by atoms with van der Waals surface area (Å²) in [7, 11) is 0. The Morgan fingerprint density at radius 3 is 2.33 bits per heavy atom. The molecule has 1 fully saturated rings.